The van der Waals surface area contributed by atoms with Gasteiger partial charge in [0.1, 0.15) is 0 Å². The molecule has 2 N–H and O–H groups in total. The van der Waals surface area contributed by atoms with E-state index in [-0.39, 0.29) is 0 Å². The second kappa shape index (κ2) is 7.60. The molecular weight excluding hydrogens is 464 g/mol. The molecule has 0 heterocycles. The van der Waals surface area contributed by atoms with Crippen LogP contribution < -0.4 is 0 Å². The van der Waals surface area contributed by atoms with Crippen molar-refractivity contribution in [1.82, 2.24) is 0 Å². The highest BCUT2D eigenvalue weighted by Gasteiger charge is 2.41. The zero-order valence-electron chi connectivity index (χ0n) is 13.4. The summed E-state index contributed by atoms with van der Waals surface area (Å²) in [5, 5.41) is 19.6. The fraction of sp³-hybridized carbons (Fsp3) is 0.100. The minimum atomic E-state index is -1.17. The van der Waals surface area contributed by atoms with Crippen LogP contribution in [0.3, 0.4) is 0 Å². The summed E-state index contributed by atoms with van der Waals surface area (Å²) >= 11 is 6.70. The molecule has 0 fully saturated rings. The van der Waals surface area contributed by atoms with Crippen LogP contribution >= 0.6 is 31.9 Å². The van der Waals surface area contributed by atoms with Gasteiger partial charge in [-0.2, -0.15) is 0 Å². The predicted molar refractivity (Wildman–Crippen MR) is 106 cm³/mol. The van der Waals surface area contributed by atoms with Gasteiger partial charge in [-0.05, 0) is 46.5 Å². The monoisotopic (exact) mass is 476 g/mol. The summed E-state index contributed by atoms with van der Waals surface area (Å²) in [5.41, 5.74) is 2.35. The Morgan fingerprint density at radius 1 is 0.654 bits per heavy atom. The highest BCUT2D eigenvalue weighted by atomic mass is 79.9. The number of benzene rings is 2. The van der Waals surface area contributed by atoms with E-state index >= 15 is 0 Å². The van der Waals surface area contributed by atoms with Crippen LogP contribution in [0.15, 0.2) is 69.6 Å². The van der Waals surface area contributed by atoms with E-state index in [1.165, 1.54) is 0 Å². The van der Waals surface area contributed by atoms with Crippen molar-refractivity contribution >= 4 is 54.9 Å². The lowest BCUT2D eigenvalue weighted by molar-refractivity contribution is -0.149. The van der Waals surface area contributed by atoms with E-state index < -0.39 is 23.8 Å². The van der Waals surface area contributed by atoms with Gasteiger partial charge in [0.05, 0.1) is 11.8 Å². The van der Waals surface area contributed by atoms with Gasteiger partial charge in [-0.3, -0.25) is 9.59 Å². The number of rotatable bonds is 4. The number of hydrogen-bond acceptors (Lipinski definition) is 2. The molecule has 0 saturated heterocycles. The third kappa shape index (κ3) is 3.66. The summed E-state index contributed by atoms with van der Waals surface area (Å²) in [6, 6.07) is 14.3. The smallest absolute Gasteiger partial charge is 0.312 e. The Labute approximate surface area is 167 Å². The van der Waals surface area contributed by atoms with Crippen LogP contribution in [0.2, 0.25) is 0 Å². The second-order valence-electron chi connectivity index (χ2n) is 5.89. The van der Waals surface area contributed by atoms with Gasteiger partial charge in [0, 0.05) is 8.95 Å². The number of hydrogen-bond donors (Lipinski definition) is 2. The van der Waals surface area contributed by atoms with Crippen LogP contribution in [-0.2, 0) is 9.59 Å². The Bertz CT molecular complexity index is 834. The average Bonchev–Trinajstić information content (AvgIpc) is 2.61. The third-order valence-electron chi connectivity index (χ3n) is 4.33. The zero-order valence-corrected chi connectivity index (χ0v) is 16.6. The molecule has 3 rings (SSSR count). The van der Waals surface area contributed by atoms with E-state index in [1.807, 2.05) is 0 Å². The van der Waals surface area contributed by atoms with Gasteiger partial charge in [-0.25, -0.2) is 0 Å². The minimum Gasteiger partial charge on any atom is -0.481 e. The third-order valence-corrected chi connectivity index (χ3v) is 5.39. The lowest BCUT2D eigenvalue weighted by Gasteiger charge is -2.29. The summed E-state index contributed by atoms with van der Waals surface area (Å²) in [7, 11) is 0. The van der Waals surface area contributed by atoms with Crippen molar-refractivity contribution in [2.75, 3.05) is 0 Å². The highest BCUT2D eigenvalue weighted by Crippen LogP contribution is 2.42. The van der Waals surface area contributed by atoms with Gasteiger partial charge in [-0.1, -0.05) is 68.3 Å². The topological polar surface area (TPSA) is 74.6 Å². The first-order chi connectivity index (χ1) is 12.4. The minimum absolute atomic E-state index is 0.485. The van der Waals surface area contributed by atoms with Gasteiger partial charge in [-0.15, -0.1) is 0 Å². The fourth-order valence-electron chi connectivity index (χ4n) is 3.13. The lowest BCUT2D eigenvalue weighted by Crippen LogP contribution is -2.33. The van der Waals surface area contributed by atoms with E-state index in [9.17, 15) is 19.8 Å². The van der Waals surface area contributed by atoms with Crippen LogP contribution in [0.5, 0.6) is 0 Å². The SMILES string of the molecule is O=C(O)[C@H]1C(c2ccc(Br)cc2)=CC=C(c2ccc(Br)cc2)[C@@H]1C(=O)O. The molecule has 2 aromatic rings. The Balaban J connectivity index is 2.15. The molecule has 0 radical (unpaired) electrons. The molecule has 6 heteroatoms. The Hall–Kier alpha value is -2.18. The zero-order chi connectivity index (χ0) is 18.8. The largest absolute Gasteiger partial charge is 0.481 e. The number of carbonyl (C=O) groups is 2. The molecule has 0 unspecified atom stereocenters. The molecule has 26 heavy (non-hydrogen) atoms. The van der Waals surface area contributed by atoms with Crippen LogP contribution in [0, 0.1) is 11.8 Å². The molecule has 1 aliphatic carbocycles. The number of carboxylic acids is 2. The highest BCUT2D eigenvalue weighted by molar-refractivity contribution is 9.10. The Morgan fingerprint density at radius 3 is 1.23 bits per heavy atom. The summed E-state index contributed by atoms with van der Waals surface area (Å²) in [4.78, 5) is 24.0. The van der Waals surface area contributed by atoms with Crippen molar-refractivity contribution in [3.05, 3.63) is 80.8 Å². The Morgan fingerprint density at radius 2 is 0.962 bits per heavy atom. The standard InChI is InChI=1S/C20H14Br2O4/c21-13-5-1-11(2-6-13)15-9-10-16(12-3-7-14(22)8-4-12)18(20(25)26)17(15)19(23)24/h1-10,17-18H,(H,23,24)(H,25,26)/t17-,18-/m0/s1. The van der Waals surface area contributed by atoms with E-state index in [0.717, 1.165) is 8.95 Å². The predicted octanol–water partition coefficient (Wildman–Crippen LogP) is 5.09. The molecule has 132 valence electrons. The van der Waals surface area contributed by atoms with Crippen LogP contribution in [0.4, 0.5) is 0 Å². The second-order valence-corrected chi connectivity index (χ2v) is 7.72. The first-order valence-electron chi connectivity index (χ1n) is 7.77. The number of halogens is 2. The molecule has 0 saturated carbocycles. The van der Waals surface area contributed by atoms with Crippen LogP contribution in [0.1, 0.15) is 11.1 Å². The Kier molecular flexibility index (Phi) is 5.44. The van der Waals surface area contributed by atoms with Crippen molar-refractivity contribution in [2.24, 2.45) is 11.8 Å². The number of carboxylic acid groups (broad SMARTS) is 2. The van der Waals surface area contributed by atoms with E-state index in [1.54, 1.807) is 60.7 Å². The van der Waals surface area contributed by atoms with Gasteiger partial charge in [0.25, 0.3) is 0 Å². The van der Waals surface area contributed by atoms with E-state index in [2.05, 4.69) is 31.9 Å². The van der Waals surface area contributed by atoms with Crippen molar-refractivity contribution in [3.63, 3.8) is 0 Å². The summed E-state index contributed by atoms with van der Waals surface area (Å²) in [6.07, 6.45) is 3.41. The van der Waals surface area contributed by atoms with Gasteiger partial charge in [0.2, 0.25) is 0 Å². The van der Waals surface area contributed by atoms with Crippen molar-refractivity contribution in [3.8, 4) is 0 Å². The van der Waals surface area contributed by atoms with Gasteiger partial charge < -0.3 is 10.2 Å². The molecule has 0 aromatic heterocycles. The molecular formula is C20H14Br2O4. The van der Waals surface area contributed by atoms with E-state index in [0.29, 0.717) is 22.3 Å². The molecule has 4 nitrogen and oxygen atoms in total. The lowest BCUT2D eigenvalue weighted by atomic mass is 9.73. The fourth-order valence-corrected chi connectivity index (χ4v) is 3.66. The molecule has 0 amide bonds. The maximum atomic E-state index is 12.0. The maximum absolute atomic E-state index is 12.0. The number of allylic oxidation sites excluding steroid dienone is 2. The first kappa shape index (κ1) is 18.6. The molecule has 0 spiro atoms. The number of aliphatic carboxylic acids is 2. The van der Waals surface area contributed by atoms with Crippen LogP contribution in [0.25, 0.3) is 11.1 Å². The molecule has 0 aliphatic heterocycles. The van der Waals surface area contributed by atoms with Crippen LogP contribution in [-0.4, -0.2) is 22.2 Å². The maximum Gasteiger partial charge on any atom is 0.312 e. The van der Waals surface area contributed by atoms with Crippen molar-refractivity contribution in [1.29, 1.82) is 0 Å². The molecule has 0 bridgehead atoms. The molecule has 1 aliphatic rings. The average molecular weight is 478 g/mol. The summed E-state index contributed by atoms with van der Waals surface area (Å²) in [6.45, 7) is 0. The van der Waals surface area contributed by atoms with Gasteiger partial charge >= 0.3 is 11.9 Å². The summed E-state index contributed by atoms with van der Waals surface area (Å²) in [5.74, 6) is -4.65. The summed E-state index contributed by atoms with van der Waals surface area (Å²) < 4.78 is 1.73. The first-order valence-corrected chi connectivity index (χ1v) is 9.36. The van der Waals surface area contributed by atoms with Gasteiger partial charge in [0.15, 0.2) is 0 Å². The normalized spacial score (nSPS) is 19.5. The molecule has 2 atom stereocenters. The molecule has 2 aromatic carbocycles. The van der Waals surface area contributed by atoms with E-state index in [4.69, 9.17) is 0 Å². The van der Waals surface area contributed by atoms with Crippen molar-refractivity contribution in [2.45, 2.75) is 0 Å². The van der Waals surface area contributed by atoms with Crippen molar-refractivity contribution < 1.29 is 19.8 Å². The quantitative estimate of drug-likeness (QED) is 0.642.